The van der Waals surface area contributed by atoms with Crippen LogP contribution < -0.4 is 5.32 Å². The third-order valence-corrected chi connectivity index (χ3v) is 4.99. The van der Waals surface area contributed by atoms with Crippen LogP contribution >= 0.6 is 22.6 Å². The number of hydrogen-bond acceptors (Lipinski definition) is 3. The van der Waals surface area contributed by atoms with Crippen LogP contribution in [0.2, 0.25) is 0 Å². The molecule has 0 saturated carbocycles. The van der Waals surface area contributed by atoms with Crippen molar-refractivity contribution in [3.8, 4) is 0 Å². The van der Waals surface area contributed by atoms with Gasteiger partial charge in [0.25, 0.3) is 5.91 Å². The summed E-state index contributed by atoms with van der Waals surface area (Å²) in [7, 11) is 0. The molecule has 0 atom stereocenters. The molecule has 0 aliphatic carbocycles. The van der Waals surface area contributed by atoms with Gasteiger partial charge in [-0.05, 0) is 52.4 Å². The van der Waals surface area contributed by atoms with Gasteiger partial charge in [0.1, 0.15) is 0 Å². The second-order valence-electron chi connectivity index (χ2n) is 5.80. The first-order valence-corrected chi connectivity index (χ1v) is 9.22. The molecule has 3 rings (SSSR count). The Morgan fingerprint density at radius 3 is 2.40 bits per heavy atom. The standard InChI is InChI=1S/C19H19IN2O3/c20-17-4-2-1-3-16(17)19(24)21-15-7-5-14(6-8-15)13-18(23)22-9-11-25-12-10-22/h1-8H,9-13H2,(H,21,24). The van der Waals surface area contributed by atoms with E-state index in [-0.39, 0.29) is 11.8 Å². The van der Waals surface area contributed by atoms with Gasteiger partial charge in [0.15, 0.2) is 0 Å². The van der Waals surface area contributed by atoms with Gasteiger partial charge in [0, 0.05) is 22.3 Å². The number of anilines is 1. The summed E-state index contributed by atoms with van der Waals surface area (Å²) in [5.74, 6) is -0.0268. The Morgan fingerprint density at radius 1 is 1.04 bits per heavy atom. The monoisotopic (exact) mass is 450 g/mol. The van der Waals surface area contributed by atoms with Gasteiger partial charge in [0.05, 0.1) is 25.2 Å². The number of carbonyl (C=O) groups excluding carboxylic acids is 2. The highest BCUT2D eigenvalue weighted by molar-refractivity contribution is 14.1. The first-order valence-electron chi connectivity index (χ1n) is 8.14. The van der Waals surface area contributed by atoms with Crippen molar-refractivity contribution in [1.82, 2.24) is 4.90 Å². The lowest BCUT2D eigenvalue weighted by Crippen LogP contribution is -2.41. The van der Waals surface area contributed by atoms with Gasteiger partial charge >= 0.3 is 0 Å². The minimum absolute atomic E-state index is 0.110. The van der Waals surface area contributed by atoms with Crippen molar-refractivity contribution in [3.05, 3.63) is 63.2 Å². The molecule has 6 heteroatoms. The van der Waals surface area contributed by atoms with Crippen molar-refractivity contribution < 1.29 is 14.3 Å². The highest BCUT2D eigenvalue weighted by Crippen LogP contribution is 2.16. The lowest BCUT2D eigenvalue weighted by molar-refractivity contribution is -0.134. The molecule has 0 bridgehead atoms. The predicted molar refractivity (Wildman–Crippen MR) is 105 cm³/mol. The van der Waals surface area contributed by atoms with Crippen molar-refractivity contribution in [1.29, 1.82) is 0 Å². The van der Waals surface area contributed by atoms with Gasteiger partial charge in [-0.25, -0.2) is 0 Å². The summed E-state index contributed by atoms with van der Waals surface area (Å²) in [6, 6.07) is 14.9. The normalized spacial score (nSPS) is 14.2. The minimum atomic E-state index is -0.137. The zero-order valence-corrected chi connectivity index (χ0v) is 15.9. The zero-order chi connectivity index (χ0) is 17.6. The lowest BCUT2D eigenvalue weighted by Gasteiger charge is -2.26. The van der Waals surface area contributed by atoms with Crippen molar-refractivity contribution in [2.24, 2.45) is 0 Å². The smallest absolute Gasteiger partial charge is 0.256 e. The Bertz CT molecular complexity index is 756. The fraction of sp³-hybridized carbons (Fsp3) is 0.263. The topological polar surface area (TPSA) is 58.6 Å². The maximum Gasteiger partial charge on any atom is 0.256 e. The molecule has 1 N–H and O–H groups in total. The lowest BCUT2D eigenvalue weighted by atomic mass is 10.1. The number of ether oxygens (including phenoxy) is 1. The van der Waals surface area contributed by atoms with Crippen LogP contribution in [0.25, 0.3) is 0 Å². The molecule has 1 heterocycles. The highest BCUT2D eigenvalue weighted by Gasteiger charge is 2.17. The number of halogens is 1. The van der Waals surface area contributed by atoms with E-state index >= 15 is 0 Å². The van der Waals surface area contributed by atoms with Crippen molar-refractivity contribution in [3.63, 3.8) is 0 Å². The van der Waals surface area contributed by atoms with Crippen LogP contribution in [-0.4, -0.2) is 43.0 Å². The van der Waals surface area contributed by atoms with Crippen LogP contribution in [0.5, 0.6) is 0 Å². The summed E-state index contributed by atoms with van der Waals surface area (Å²) in [5, 5.41) is 2.89. The van der Waals surface area contributed by atoms with E-state index in [1.165, 1.54) is 0 Å². The predicted octanol–water partition coefficient (Wildman–Crippen LogP) is 2.94. The summed E-state index contributed by atoms with van der Waals surface area (Å²) < 4.78 is 6.17. The van der Waals surface area contributed by atoms with Crippen LogP contribution in [0, 0.1) is 3.57 Å². The Hall–Kier alpha value is -1.93. The number of hydrogen-bond donors (Lipinski definition) is 1. The number of nitrogens with zero attached hydrogens (tertiary/aromatic N) is 1. The largest absolute Gasteiger partial charge is 0.378 e. The molecule has 1 saturated heterocycles. The Balaban J connectivity index is 1.59. The van der Waals surface area contributed by atoms with Crippen LogP contribution in [0.15, 0.2) is 48.5 Å². The fourth-order valence-electron chi connectivity index (χ4n) is 2.65. The molecular formula is C19H19IN2O3. The van der Waals surface area contributed by atoms with Gasteiger partial charge in [-0.15, -0.1) is 0 Å². The molecule has 1 aliphatic heterocycles. The van der Waals surface area contributed by atoms with Crippen molar-refractivity contribution >= 4 is 40.1 Å². The van der Waals surface area contributed by atoms with E-state index in [1.54, 1.807) is 6.07 Å². The van der Waals surface area contributed by atoms with Crippen LogP contribution in [0.1, 0.15) is 15.9 Å². The molecule has 0 spiro atoms. The summed E-state index contributed by atoms with van der Waals surface area (Å²) in [4.78, 5) is 26.4. The van der Waals surface area contributed by atoms with E-state index in [0.717, 1.165) is 9.13 Å². The average Bonchev–Trinajstić information content (AvgIpc) is 2.64. The van der Waals surface area contributed by atoms with E-state index in [4.69, 9.17) is 4.74 Å². The maximum absolute atomic E-state index is 12.3. The van der Waals surface area contributed by atoms with E-state index < -0.39 is 0 Å². The molecule has 1 fully saturated rings. The zero-order valence-electron chi connectivity index (χ0n) is 13.7. The summed E-state index contributed by atoms with van der Waals surface area (Å²) in [5.41, 5.74) is 2.30. The second-order valence-corrected chi connectivity index (χ2v) is 6.96. The Morgan fingerprint density at radius 2 is 1.72 bits per heavy atom. The number of benzene rings is 2. The molecule has 0 unspecified atom stereocenters. The van der Waals surface area contributed by atoms with Crippen molar-refractivity contribution in [2.75, 3.05) is 31.6 Å². The molecule has 0 radical (unpaired) electrons. The summed E-state index contributed by atoms with van der Waals surface area (Å²) >= 11 is 2.15. The van der Waals surface area contributed by atoms with Gasteiger partial charge in [-0.2, -0.15) is 0 Å². The molecule has 0 aromatic heterocycles. The number of amides is 2. The Labute approximate surface area is 160 Å². The van der Waals surface area contributed by atoms with E-state index in [9.17, 15) is 9.59 Å². The van der Waals surface area contributed by atoms with Crippen LogP contribution in [0.4, 0.5) is 5.69 Å². The van der Waals surface area contributed by atoms with Gasteiger partial charge in [0.2, 0.25) is 5.91 Å². The molecule has 2 aromatic carbocycles. The van der Waals surface area contributed by atoms with Gasteiger partial charge in [-0.3, -0.25) is 9.59 Å². The Kier molecular flexibility index (Phi) is 6.04. The first kappa shape index (κ1) is 17.9. The number of nitrogens with one attached hydrogen (secondary N) is 1. The molecule has 5 nitrogen and oxygen atoms in total. The van der Waals surface area contributed by atoms with Crippen molar-refractivity contribution in [2.45, 2.75) is 6.42 Å². The van der Waals surface area contributed by atoms with E-state index in [0.29, 0.717) is 44.0 Å². The molecule has 25 heavy (non-hydrogen) atoms. The second kappa shape index (κ2) is 8.44. The van der Waals surface area contributed by atoms with E-state index in [2.05, 4.69) is 27.9 Å². The molecule has 130 valence electrons. The summed E-state index contributed by atoms with van der Waals surface area (Å²) in [6.07, 6.45) is 0.366. The number of morpholine rings is 1. The number of rotatable bonds is 4. The number of carbonyl (C=O) groups is 2. The molecule has 1 aliphatic rings. The third-order valence-electron chi connectivity index (χ3n) is 4.05. The fourth-order valence-corrected chi connectivity index (χ4v) is 3.28. The quantitative estimate of drug-likeness (QED) is 0.730. The molecule has 2 aromatic rings. The summed E-state index contributed by atoms with van der Waals surface area (Å²) in [6.45, 7) is 2.52. The maximum atomic E-state index is 12.3. The average molecular weight is 450 g/mol. The minimum Gasteiger partial charge on any atom is -0.378 e. The first-order chi connectivity index (χ1) is 12.1. The van der Waals surface area contributed by atoms with Crippen LogP contribution in [0.3, 0.4) is 0 Å². The van der Waals surface area contributed by atoms with Gasteiger partial charge < -0.3 is 15.0 Å². The van der Waals surface area contributed by atoms with E-state index in [1.807, 2.05) is 47.4 Å². The SMILES string of the molecule is O=C(Nc1ccc(CC(=O)N2CCOCC2)cc1)c1ccccc1I. The van der Waals surface area contributed by atoms with Gasteiger partial charge in [-0.1, -0.05) is 24.3 Å². The molecular weight excluding hydrogens is 431 g/mol. The third kappa shape index (κ3) is 4.79. The molecule has 2 amide bonds. The van der Waals surface area contributed by atoms with Crippen LogP contribution in [-0.2, 0) is 16.0 Å². The highest BCUT2D eigenvalue weighted by atomic mass is 127.